The van der Waals surface area contributed by atoms with Crippen LogP contribution in [-0.2, 0) is 14.3 Å². The zero-order chi connectivity index (χ0) is 14.8. The quantitative estimate of drug-likeness (QED) is 0.468. The Bertz CT molecular complexity index is 279. The van der Waals surface area contributed by atoms with Crippen molar-refractivity contribution in [3.05, 3.63) is 0 Å². The number of nitrogens with one attached hydrogen (secondary N) is 1. The van der Waals surface area contributed by atoms with E-state index in [1.165, 1.54) is 19.3 Å². The minimum absolute atomic E-state index is 0.131. The molecule has 0 saturated heterocycles. The van der Waals surface area contributed by atoms with Crippen molar-refractivity contribution in [2.45, 2.75) is 77.4 Å². The van der Waals surface area contributed by atoms with Crippen LogP contribution in [0.2, 0.25) is 0 Å². The molecule has 0 aromatic carbocycles. The maximum atomic E-state index is 12.1. The molecule has 1 unspecified atom stereocenters. The Morgan fingerprint density at radius 1 is 1.30 bits per heavy atom. The number of hydrogen-bond donors (Lipinski definition) is 1. The molecule has 1 aliphatic rings. The third-order valence-electron chi connectivity index (χ3n) is 3.97. The van der Waals surface area contributed by atoms with Gasteiger partial charge in [-0.05, 0) is 65.3 Å². The SMILES string of the molecule is CCCNC(C)(CCCCOC1CCC1)C(=O)OCC. The summed E-state index contributed by atoms with van der Waals surface area (Å²) in [6, 6.07) is 0. The van der Waals surface area contributed by atoms with Gasteiger partial charge in [0.15, 0.2) is 0 Å². The van der Waals surface area contributed by atoms with Gasteiger partial charge in [-0.2, -0.15) is 0 Å². The van der Waals surface area contributed by atoms with Gasteiger partial charge < -0.3 is 14.8 Å². The van der Waals surface area contributed by atoms with E-state index in [1.807, 2.05) is 13.8 Å². The second-order valence-electron chi connectivity index (χ2n) is 5.86. The van der Waals surface area contributed by atoms with E-state index >= 15 is 0 Å². The summed E-state index contributed by atoms with van der Waals surface area (Å²) in [5.41, 5.74) is -0.553. The average Bonchev–Trinajstić information content (AvgIpc) is 2.38. The van der Waals surface area contributed by atoms with E-state index in [0.717, 1.165) is 38.8 Å². The third kappa shape index (κ3) is 5.80. The van der Waals surface area contributed by atoms with Gasteiger partial charge in [0.2, 0.25) is 0 Å². The average molecular weight is 285 g/mol. The molecule has 0 radical (unpaired) electrons. The van der Waals surface area contributed by atoms with E-state index in [-0.39, 0.29) is 5.97 Å². The summed E-state index contributed by atoms with van der Waals surface area (Å²) < 4.78 is 10.9. The molecule has 0 amide bonds. The second-order valence-corrected chi connectivity index (χ2v) is 5.86. The first-order chi connectivity index (χ1) is 9.62. The number of unbranched alkanes of at least 4 members (excludes halogenated alkanes) is 1. The summed E-state index contributed by atoms with van der Waals surface area (Å²) in [7, 11) is 0. The van der Waals surface area contributed by atoms with E-state index < -0.39 is 5.54 Å². The number of carbonyl (C=O) groups excluding carboxylic acids is 1. The monoisotopic (exact) mass is 285 g/mol. The Kier molecular flexibility index (Phi) is 8.15. The lowest BCUT2D eigenvalue weighted by Gasteiger charge is -2.29. The minimum Gasteiger partial charge on any atom is -0.465 e. The largest absolute Gasteiger partial charge is 0.465 e. The van der Waals surface area contributed by atoms with Gasteiger partial charge in [-0.3, -0.25) is 4.79 Å². The maximum absolute atomic E-state index is 12.1. The van der Waals surface area contributed by atoms with Crippen molar-refractivity contribution >= 4 is 5.97 Å². The predicted molar refractivity (Wildman–Crippen MR) is 80.8 cm³/mol. The molecule has 1 saturated carbocycles. The predicted octanol–water partition coefficient (Wildman–Crippen LogP) is 3.05. The molecule has 0 heterocycles. The fraction of sp³-hybridized carbons (Fsp3) is 0.938. The zero-order valence-electron chi connectivity index (χ0n) is 13.4. The number of rotatable bonds is 11. The van der Waals surface area contributed by atoms with Crippen molar-refractivity contribution in [2.24, 2.45) is 0 Å². The second kappa shape index (κ2) is 9.35. The van der Waals surface area contributed by atoms with Gasteiger partial charge in [-0.15, -0.1) is 0 Å². The van der Waals surface area contributed by atoms with Gasteiger partial charge in [0.25, 0.3) is 0 Å². The van der Waals surface area contributed by atoms with Gasteiger partial charge in [0.05, 0.1) is 12.7 Å². The van der Waals surface area contributed by atoms with Crippen molar-refractivity contribution in [1.82, 2.24) is 5.32 Å². The highest BCUT2D eigenvalue weighted by atomic mass is 16.5. The Labute approximate surface area is 123 Å². The Hall–Kier alpha value is -0.610. The summed E-state index contributed by atoms with van der Waals surface area (Å²) in [5.74, 6) is -0.131. The van der Waals surface area contributed by atoms with Gasteiger partial charge in [-0.1, -0.05) is 6.92 Å². The van der Waals surface area contributed by atoms with Crippen molar-refractivity contribution in [2.75, 3.05) is 19.8 Å². The molecule has 0 aromatic heterocycles. The molecule has 4 heteroatoms. The Morgan fingerprint density at radius 2 is 2.05 bits per heavy atom. The summed E-state index contributed by atoms with van der Waals surface area (Å²) in [4.78, 5) is 12.1. The standard InChI is InChI=1S/C16H31NO3/c1-4-12-17-16(3,15(18)19-5-2)11-6-7-13-20-14-9-8-10-14/h14,17H,4-13H2,1-3H3. The number of esters is 1. The molecule has 1 aliphatic carbocycles. The van der Waals surface area contributed by atoms with E-state index in [1.54, 1.807) is 0 Å². The van der Waals surface area contributed by atoms with Gasteiger partial charge in [-0.25, -0.2) is 0 Å². The molecule has 0 bridgehead atoms. The lowest BCUT2D eigenvalue weighted by molar-refractivity contribution is -0.151. The van der Waals surface area contributed by atoms with Crippen molar-refractivity contribution in [1.29, 1.82) is 0 Å². The van der Waals surface area contributed by atoms with Crippen LogP contribution in [0, 0.1) is 0 Å². The lowest BCUT2D eigenvalue weighted by Crippen LogP contribution is -2.50. The molecule has 0 aliphatic heterocycles. The van der Waals surface area contributed by atoms with Crippen LogP contribution < -0.4 is 5.32 Å². The summed E-state index contributed by atoms with van der Waals surface area (Å²) in [6.07, 6.45) is 8.08. The first-order valence-corrected chi connectivity index (χ1v) is 8.16. The highest BCUT2D eigenvalue weighted by Crippen LogP contribution is 2.22. The van der Waals surface area contributed by atoms with Crippen LogP contribution in [0.4, 0.5) is 0 Å². The highest BCUT2D eigenvalue weighted by molar-refractivity contribution is 5.80. The normalized spacial score (nSPS) is 18.4. The molecule has 20 heavy (non-hydrogen) atoms. The zero-order valence-corrected chi connectivity index (χ0v) is 13.4. The number of hydrogen-bond acceptors (Lipinski definition) is 4. The molecule has 118 valence electrons. The molecule has 4 nitrogen and oxygen atoms in total. The fourth-order valence-corrected chi connectivity index (χ4v) is 2.32. The van der Waals surface area contributed by atoms with Crippen LogP contribution in [0.5, 0.6) is 0 Å². The highest BCUT2D eigenvalue weighted by Gasteiger charge is 2.33. The van der Waals surface area contributed by atoms with Gasteiger partial charge in [0.1, 0.15) is 5.54 Å². The molecule has 1 N–H and O–H groups in total. The van der Waals surface area contributed by atoms with Crippen LogP contribution in [-0.4, -0.2) is 37.4 Å². The van der Waals surface area contributed by atoms with E-state index in [2.05, 4.69) is 12.2 Å². The number of ether oxygens (including phenoxy) is 2. The maximum Gasteiger partial charge on any atom is 0.326 e. The topological polar surface area (TPSA) is 47.6 Å². The summed E-state index contributed by atoms with van der Waals surface area (Å²) in [5, 5.41) is 3.34. The van der Waals surface area contributed by atoms with E-state index in [9.17, 15) is 4.79 Å². The van der Waals surface area contributed by atoms with Crippen molar-refractivity contribution < 1.29 is 14.3 Å². The third-order valence-corrected chi connectivity index (χ3v) is 3.97. The molecule has 1 fully saturated rings. The first-order valence-electron chi connectivity index (χ1n) is 8.16. The van der Waals surface area contributed by atoms with E-state index in [4.69, 9.17) is 9.47 Å². The molecule has 1 atom stereocenters. The molecule has 1 rings (SSSR count). The molecule has 0 aromatic rings. The minimum atomic E-state index is -0.553. The van der Waals surface area contributed by atoms with E-state index in [0.29, 0.717) is 12.7 Å². The van der Waals surface area contributed by atoms with Crippen LogP contribution >= 0.6 is 0 Å². The lowest BCUT2D eigenvalue weighted by atomic mass is 9.94. The molecule has 0 spiro atoms. The van der Waals surface area contributed by atoms with Gasteiger partial charge >= 0.3 is 5.97 Å². The summed E-state index contributed by atoms with van der Waals surface area (Å²) >= 11 is 0. The van der Waals surface area contributed by atoms with Crippen LogP contribution in [0.15, 0.2) is 0 Å². The smallest absolute Gasteiger partial charge is 0.326 e. The number of carbonyl (C=O) groups is 1. The van der Waals surface area contributed by atoms with Crippen molar-refractivity contribution in [3.8, 4) is 0 Å². The first kappa shape index (κ1) is 17.4. The molecular formula is C16H31NO3. The van der Waals surface area contributed by atoms with Gasteiger partial charge in [0, 0.05) is 6.61 Å². The van der Waals surface area contributed by atoms with Crippen LogP contribution in [0.3, 0.4) is 0 Å². The fourth-order valence-electron chi connectivity index (χ4n) is 2.32. The Balaban J connectivity index is 2.25. The summed E-state index contributed by atoms with van der Waals surface area (Å²) in [6.45, 7) is 8.00. The van der Waals surface area contributed by atoms with Crippen molar-refractivity contribution in [3.63, 3.8) is 0 Å². The van der Waals surface area contributed by atoms with Crippen LogP contribution in [0.1, 0.15) is 65.7 Å². The Morgan fingerprint density at radius 3 is 2.60 bits per heavy atom. The van der Waals surface area contributed by atoms with Crippen LogP contribution in [0.25, 0.3) is 0 Å². The molecular weight excluding hydrogens is 254 g/mol.